The lowest BCUT2D eigenvalue weighted by atomic mass is 9.60. The summed E-state index contributed by atoms with van der Waals surface area (Å²) in [7, 11) is 2.29. The van der Waals surface area contributed by atoms with E-state index in [4.69, 9.17) is 0 Å². The molecule has 0 radical (unpaired) electrons. The molecule has 1 aromatic heterocycles. The average molecular weight is 405 g/mol. The molecule has 2 nitrogen and oxygen atoms in total. The van der Waals surface area contributed by atoms with Gasteiger partial charge in [0.1, 0.15) is 0 Å². The Morgan fingerprint density at radius 2 is 1.55 bits per heavy atom. The Kier molecular flexibility index (Phi) is 3.44. The minimum absolute atomic E-state index is 0.0565. The fraction of sp³-hybridized carbons (Fsp3) is 0.310. The summed E-state index contributed by atoms with van der Waals surface area (Å²) < 4.78 is 2.50. The molecule has 0 N–H and O–H groups in total. The Hall–Kier alpha value is -3.00. The first-order valence-corrected chi connectivity index (χ1v) is 11.7. The number of anilines is 1. The van der Waals surface area contributed by atoms with E-state index in [0.717, 1.165) is 13.0 Å². The SMILES string of the molecule is Cn1c2c(c3ccccc31)[C@]13CCCC[C@@]1(C2)c1ccccc1N3Cc1ccccc1. The number of nitrogens with zero attached hydrogens (tertiary/aromatic N) is 2. The highest BCUT2D eigenvalue weighted by atomic mass is 15.3. The van der Waals surface area contributed by atoms with E-state index >= 15 is 0 Å². The van der Waals surface area contributed by atoms with Crippen LogP contribution in [0.1, 0.15) is 48.1 Å². The molecule has 0 saturated heterocycles. The summed E-state index contributed by atoms with van der Waals surface area (Å²) in [4.78, 5) is 2.81. The van der Waals surface area contributed by atoms with Gasteiger partial charge >= 0.3 is 0 Å². The third-order valence-electron chi connectivity index (χ3n) is 8.65. The Morgan fingerprint density at radius 3 is 2.45 bits per heavy atom. The van der Waals surface area contributed by atoms with E-state index in [0.29, 0.717) is 0 Å². The van der Waals surface area contributed by atoms with E-state index in [-0.39, 0.29) is 11.0 Å². The van der Waals surface area contributed by atoms with Crippen LogP contribution in [0.2, 0.25) is 0 Å². The van der Waals surface area contributed by atoms with Gasteiger partial charge < -0.3 is 9.47 Å². The van der Waals surface area contributed by atoms with Crippen LogP contribution in [0, 0.1) is 0 Å². The van der Waals surface area contributed by atoms with Crippen LogP contribution < -0.4 is 4.90 Å². The van der Waals surface area contributed by atoms with Crippen molar-refractivity contribution < 1.29 is 0 Å². The molecule has 4 aromatic rings. The summed E-state index contributed by atoms with van der Waals surface area (Å²) >= 11 is 0. The van der Waals surface area contributed by atoms with E-state index in [9.17, 15) is 0 Å². The highest BCUT2D eigenvalue weighted by Gasteiger charge is 2.67. The molecule has 0 amide bonds. The fourth-order valence-corrected chi connectivity index (χ4v) is 7.54. The molecular weight excluding hydrogens is 376 g/mol. The zero-order valence-corrected chi connectivity index (χ0v) is 18.1. The predicted molar refractivity (Wildman–Crippen MR) is 128 cm³/mol. The second-order valence-electron chi connectivity index (χ2n) is 9.81. The van der Waals surface area contributed by atoms with Crippen LogP contribution >= 0.6 is 0 Å². The molecule has 1 saturated carbocycles. The summed E-state index contributed by atoms with van der Waals surface area (Å²) in [6.07, 6.45) is 6.34. The Morgan fingerprint density at radius 1 is 0.806 bits per heavy atom. The number of para-hydroxylation sites is 2. The number of fused-ring (bicyclic) bond motifs is 4. The maximum atomic E-state index is 2.81. The predicted octanol–water partition coefficient (Wildman–Crippen LogP) is 6.46. The quantitative estimate of drug-likeness (QED) is 0.372. The first-order valence-electron chi connectivity index (χ1n) is 11.7. The topological polar surface area (TPSA) is 8.17 Å². The van der Waals surface area contributed by atoms with Crippen LogP contribution in [0.4, 0.5) is 5.69 Å². The van der Waals surface area contributed by atoms with Gasteiger partial charge in [-0.2, -0.15) is 0 Å². The molecule has 3 aliphatic rings. The van der Waals surface area contributed by atoms with Gasteiger partial charge in [0.15, 0.2) is 0 Å². The van der Waals surface area contributed by atoms with Gasteiger partial charge in [0.2, 0.25) is 0 Å². The van der Waals surface area contributed by atoms with Crippen molar-refractivity contribution in [2.24, 2.45) is 7.05 Å². The summed E-state index contributed by atoms with van der Waals surface area (Å²) in [5.74, 6) is 0. The fourth-order valence-electron chi connectivity index (χ4n) is 7.54. The van der Waals surface area contributed by atoms with Gasteiger partial charge in [-0.1, -0.05) is 79.6 Å². The average Bonchev–Trinajstić information content (AvgIpc) is 3.37. The maximum Gasteiger partial charge on any atom is 0.0781 e. The van der Waals surface area contributed by atoms with Gasteiger partial charge in [-0.05, 0) is 36.1 Å². The zero-order chi connectivity index (χ0) is 20.6. The molecule has 7 rings (SSSR count). The summed E-state index contributed by atoms with van der Waals surface area (Å²) in [6, 6.07) is 29.5. The maximum absolute atomic E-state index is 2.81. The molecule has 1 aliphatic heterocycles. The first-order chi connectivity index (χ1) is 15.3. The second-order valence-corrected chi connectivity index (χ2v) is 9.81. The number of rotatable bonds is 2. The summed E-state index contributed by atoms with van der Waals surface area (Å²) in [5.41, 5.74) is 9.29. The van der Waals surface area contributed by atoms with Crippen LogP contribution in [-0.4, -0.2) is 4.57 Å². The molecule has 0 unspecified atom stereocenters. The largest absolute Gasteiger partial charge is 0.356 e. The molecule has 3 aromatic carbocycles. The van der Waals surface area contributed by atoms with Crippen molar-refractivity contribution in [3.05, 3.63) is 101 Å². The molecule has 2 aliphatic carbocycles. The number of benzene rings is 3. The third-order valence-corrected chi connectivity index (χ3v) is 8.65. The minimum Gasteiger partial charge on any atom is -0.356 e. The van der Waals surface area contributed by atoms with Crippen LogP contribution in [0.15, 0.2) is 78.9 Å². The molecule has 0 bridgehead atoms. The minimum atomic E-state index is 0.0565. The van der Waals surface area contributed by atoms with Gasteiger partial charge in [-0.3, -0.25) is 0 Å². The molecule has 154 valence electrons. The number of hydrogen-bond donors (Lipinski definition) is 0. The lowest BCUT2D eigenvalue weighted by Gasteiger charge is -2.50. The molecule has 31 heavy (non-hydrogen) atoms. The van der Waals surface area contributed by atoms with Crippen molar-refractivity contribution in [2.45, 2.75) is 49.6 Å². The highest BCUT2D eigenvalue weighted by Crippen LogP contribution is 2.69. The molecular formula is C29H28N2. The van der Waals surface area contributed by atoms with Crippen LogP contribution in [-0.2, 0) is 31.0 Å². The van der Waals surface area contributed by atoms with Crippen molar-refractivity contribution in [1.29, 1.82) is 0 Å². The number of aryl methyl sites for hydroxylation is 1. The summed E-state index contributed by atoms with van der Waals surface area (Å²) in [6.45, 7) is 0.974. The smallest absolute Gasteiger partial charge is 0.0781 e. The monoisotopic (exact) mass is 404 g/mol. The van der Waals surface area contributed by atoms with Crippen molar-refractivity contribution in [3.8, 4) is 0 Å². The van der Waals surface area contributed by atoms with Crippen LogP contribution in [0.5, 0.6) is 0 Å². The number of aromatic nitrogens is 1. The Balaban J connectivity index is 1.56. The van der Waals surface area contributed by atoms with E-state index in [1.165, 1.54) is 47.8 Å². The normalized spacial score (nSPS) is 25.9. The molecule has 0 spiro atoms. The van der Waals surface area contributed by atoms with E-state index in [2.05, 4.69) is 95.4 Å². The van der Waals surface area contributed by atoms with E-state index in [1.54, 1.807) is 16.8 Å². The lowest BCUT2D eigenvalue weighted by Crippen LogP contribution is -2.54. The number of hydrogen-bond acceptors (Lipinski definition) is 1. The van der Waals surface area contributed by atoms with Gasteiger partial charge in [-0.15, -0.1) is 0 Å². The van der Waals surface area contributed by atoms with E-state index in [1.807, 2.05) is 0 Å². The Bertz CT molecular complexity index is 1320. The summed E-state index contributed by atoms with van der Waals surface area (Å²) in [5, 5.41) is 1.47. The van der Waals surface area contributed by atoms with Crippen LogP contribution in [0.3, 0.4) is 0 Å². The highest BCUT2D eigenvalue weighted by molar-refractivity contribution is 5.91. The van der Waals surface area contributed by atoms with Gasteiger partial charge in [0.25, 0.3) is 0 Å². The van der Waals surface area contributed by atoms with E-state index < -0.39 is 0 Å². The van der Waals surface area contributed by atoms with Crippen LogP contribution in [0.25, 0.3) is 10.9 Å². The third kappa shape index (κ3) is 1.99. The molecule has 2 heterocycles. The molecule has 2 heteroatoms. The first kappa shape index (κ1) is 17.7. The van der Waals surface area contributed by atoms with Crippen molar-refractivity contribution in [3.63, 3.8) is 0 Å². The molecule has 1 fully saturated rings. The molecule has 2 atom stereocenters. The van der Waals surface area contributed by atoms with Gasteiger partial charge in [0, 0.05) is 53.3 Å². The van der Waals surface area contributed by atoms with Crippen molar-refractivity contribution in [2.75, 3.05) is 4.90 Å². The standard InChI is InChI=1S/C29H28N2/c1-30-24-15-7-5-13-22(24)27-26(30)19-28-17-9-10-18-29(27,28)31(20-21-11-3-2-4-12-21)25-16-8-6-14-23(25)28/h2-8,11-16H,9-10,17-20H2,1H3/t28-,29-/m1/s1. The second kappa shape index (κ2) is 6.03. The zero-order valence-electron chi connectivity index (χ0n) is 18.1. The van der Waals surface area contributed by atoms with Crippen molar-refractivity contribution >= 4 is 16.6 Å². The van der Waals surface area contributed by atoms with Crippen molar-refractivity contribution in [1.82, 2.24) is 4.57 Å². The Labute approximate surface area is 184 Å². The lowest BCUT2D eigenvalue weighted by molar-refractivity contribution is 0.167. The van der Waals surface area contributed by atoms with Gasteiger partial charge in [0.05, 0.1) is 5.54 Å². The van der Waals surface area contributed by atoms with Gasteiger partial charge in [-0.25, -0.2) is 0 Å².